The minimum Gasteiger partial charge on any atom is -0.466 e. The van der Waals surface area contributed by atoms with E-state index in [0.717, 1.165) is 0 Å². The molecule has 1 N–H and O–H groups in total. The van der Waals surface area contributed by atoms with Crippen molar-refractivity contribution in [2.75, 3.05) is 26.3 Å². The molecule has 0 aliphatic carbocycles. The van der Waals surface area contributed by atoms with Gasteiger partial charge in [-0.05, 0) is 34.1 Å². The highest BCUT2D eigenvalue weighted by atomic mass is 16.6. The highest BCUT2D eigenvalue weighted by Crippen LogP contribution is 2.21. The van der Waals surface area contributed by atoms with E-state index in [0.29, 0.717) is 13.0 Å². The van der Waals surface area contributed by atoms with E-state index < -0.39 is 35.7 Å². The summed E-state index contributed by atoms with van der Waals surface area (Å²) in [6.07, 6.45) is 0.721. The third-order valence-corrected chi connectivity index (χ3v) is 3.49. The van der Waals surface area contributed by atoms with E-state index in [1.54, 1.807) is 27.7 Å². The monoisotopic (exact) mass is 356 g/mol. The molecule has 1 fully saturated rings. The number of ether oxygens (including phenoxy) is 3. The normalized spacial score (nSPS) is 20.4. The van der Waals surface area contributed by atoms with Gasteiger partial charge < -0.3 is 24.4 Å². The molecule has 1 saturated heterocycles. The molecule has 1 aliphatic heterocycles. The number of alkyl carbamates (subject to hydrolysis) is 1. The maximum atomic E-state index is 12.2. The Morgan fingerprint density at radius 3 is 2.52 bits per heavy atom. The van der Waals surface area contributed by atoms with Crippen molar-refractivity contribution in [1.29, 1.82) is 0 Å². The Kier molecular flexibility index (Phi) is 7.73. The molecule has 8 heteroatoms. The first-order valence-electron chi connectivity index (χ1n) is 8.36. The van der Waals surface area contributed by atoms with Crippen LogP contribution in [0.1, 0.15) is 34.1 Å². The van der Waals surface area contributed by atoms with Gasteiger partial charge in [-0.2, -0.15) is 0 Å². The SMILES string of the molecule is C=CCOC(=O)NC1CCN(C(=O)OC(C)(C)C)C[C@@H]1C(=O)OCC. The van der Waals surface area contributed by atoms with Crippen LogP contribution >= 0.6 is 0 Å². The Morgan fingerprint density at radius 2 is 1.96 bits per heavy atom. The molecule has 1 rings (SSSR count). The summed E-state index contributed by atoms with van der Waals surface area (Å²) in [7, 11) is 0. The van der Waals surface area contributed by atoms with Crippen LogP contribution in [0.15, 0.2) is 12.7 Å². The first-order valence-corrected chi connectivity index (χ1v) is 8.36. The summed E-state index contributed by atoms with van der Waals surface area (Å²) >= 11 is 0. The van der Waals surface area contributed by atoms with Gasteiger partial charge in [0.25, 0.3) is 0 Å². The standard InChI is InChI=1S/C17H28N2O6/c1-6-10-24-15(21)18-13-8-9-19(16(22)25-17(3,4)5)11-12(13)14(20)23-7-2/h6,12-13H,1,7-11H2,2-5H3,(H,18,21)/t12-,13?/m0/s1. The lowest BCUT2D eigenvalue weighted by atomic mass is 9.92. The van der Waals surface area contributed by atoms with Crippen molar-refractivity contribution in [2.24, 2.45) is 5.92 Å². The number of nitrogens with one attached hydrogen (secondary N) is 1. The van der Waals surface area contributed by atoms with Gasteiger partial charge in [-0.15, -0.1) is 0 Å². The van der Waals surface area contributed by atoms with Gasteiger partial charge in [-0.3, -0.25) is 4.79 Å². The zero-order valence-corrected chi connectivity index (χ0v) is 15.4. The second kappa shape index (κ2) is 9.29. The maximum Gasteiger partial charge on any atom is 0.410 e. The van der Waals surface area contributed by atoms with E-state index in [1.807, 2.05) is 0 Å². The number of carbonyl (C=O) groups excluding carboxylic acids is 3. The van der Waals surface area contributed by atoms with Crippen LogP contribution in [0.2, 0.25) is 0 Å². The van der Waals surface area contributed by atoms with Crippen molar-refractivity contribution in [3.63, 3.8) is 0 Å². The zero-order valence-electron chi connectivity index (χ0n) is 15.4. The minimum atomic E-state index is -0.683. The third kappa shape index (κ3) is 7.03. The molecule has 0 saturated carbocycles. The molecular weight excluding hydrogens is 328 g/mol. The number of hydrogen-bond donors (Lipinski definition) is 1. The molecule has 0 spiro atoms. The predicted octanol–water partition coefficient (Wildman–Crippen LogP) is 2.09. The lowest BCUT2D eigenvalue weighted by molar-refractivity contribution is -0.150. The molecule has 1 unspecified atom stereocenters. The Labute approximate surface area is 148 Å². The lowest BCUT2D eigenvalue weighted by Gasteiger charge is -2.37. The average molecular weight is 356 g/mol. The molecule has 0 aromatic rings. The van der Waals surface area contributed by atoms with Crippen LogP contribution in [0.4, 0.5) is 9.59 Å². The van der Waals surface area contributed by atoms with E-state index in [1.165, 1.54) is 11.0 Å². The molecule has 142 valence electrons. The third-order valence-electron chi connectivity index (χ3n) is 3.49. The Hall–Kier alpha value is -2.25. The lowest BCUT2D eigenvalue weighted by Crippen LogP contribution is -2.55. The molecule has 2 atom stereocenters. The van der Waals surface area contributed by atoms with Crippen molar-refractivity contribution < 1.29 is 28.6 Å². The number of likely N-dealkylation sites (tertiary alicyclic amines) is 1. The highest BCUT2D eigenvalue weighted by Gasteiger charge is 2.39. The van der Waals surface area contributed by atoms with E-state index in [-0.39, 0.29) is 19.8 Å². The van der Waals surface area contributed by atoms with Gasteiger partial charge in [0.15, 0.2) is 0 Å². The van der Waals surface area contributed by atoms with E-state index >= 15 is 0 Å². The quantitative estimate of drug-likeness (QED) is 0.460. The number of rotatable bonds is 5. The van der Waals surface area contributed by atoms with E-state index in [4.69, 9.17) is 14.2 Å². The fourth-order valence-corrected chi connectivity index (χ4v) is 2.43. The number of nitrogens with zero attached hydrogens (tertiary/aromatic N) is 1. The summed E-state index contributed by atoms with van der Waals surface area (Å²) in [5.41, 5.74) is -0.625. The summed E-state index contributed by atoms with van der Waals surface area (Å²) in [6, 6.07) is -0.477. The second-order valence-corrected chi connectivity index (χ2v) is 6.71. The molecule has 0 aromatic carbocycles. The summed E-state index contributed by atoms with van der Waals surface area (Å²) in [6.45, 7) is 11.3. The van der Waals surface area contributed by atoms with Crippen LogP contribution in [0.3, 0.4) is 0 Å². The number of hydrogen-bond acceptors (Lipinski definition) is 6. The van der Waals surface area contributed by atoms with Crippen molar-refractivity contribution in [3.05, 3.63) is 12.7 Å². The van der Waals surface area contributed by atoms with Crippen LogP contribution in [0.5, 0.6) is 0 Å². The van der Waals surface area contributed by atoms with Gasteiger partial charge in [0, 0.05) is 19.1 Å². The molecule has 2 amide bonds. The maximum absolute atomic E-state index is 12.2. The summed E-state index contributed by atoms with van der Waals surface area (Å²) in [5.74, 6) is -1.15. The van der Waals surface area contributed by atoms with Gasteiger partial charge in [0.2, 0.25) is 0 Å². The molecular formula is C17H28N2O6. The second-order valence-electron chi connectivity index (χ2n) is 6.71. The molecule has 8 nitrogen and oxygen atoms in total. The number of esters is 1. The Morgan fingerprint density at radius 1 is 1.28 bits per heavy atom. The van der Waals surface area contributed by atoms with Crippen LogP contribution in [-0.2, 0) is 19.0 Å². The van der Waals surface area contributed by atoms with Crippen molar-refractivity contribution in [1.82, 2.24) is 10.2 Å². The highest BCUT2D eigenvalue weighted by molar-refractivity contribution is 5.77. The van der Waals surface area contributed by atoms with Crippen LogP contribution in [0.25, 0.3) is 0 Å². The average Bonchev–Trinajstić information content (AvgIpc) is 2.51. The van der Waals surface area contributed by atoms with Crippen LogP contribution in [0, 0.1) is 5.92 Å². The predicted molar refractivity (Wildman–Crippen MR) is 91.0 cm³/mol. The zero-order chi connectivity index (χ0) is 19.0. The fraction of sp³-hybridized carbons (Fsp3) is 0.706. The van der Waals surface area contributed by atoms with Crippen LogP contribution in [-0.4, -0.2) is 61.0 Å². The number of carbonyl (C=O) groups is 3. The van der Waals surface area contributed by atoms with Crippen LogP contribution < -0.4 is 5.32 Å². The van der Waals surface area contributed by atoms with Gasteiger partial charge in [-0.1, -0.05) is 12.7 Å². The fourth-order valence-electron chi connectivity index (χ4n) is 2.43. The molecule has 1 heterocycles. The largest absolute Gasteiger partial charge is 0.466 e. The molecule has 25 heavy (non-hydrogen) atoms. The van der Waals surface area contributed by atoms with Crippen molar-refractivity contribution >= 4 is 18.2 Å². The van der Waals surface area contributed by atoms with E-state index in [9.17, 15) is 14.4 Å². The Bertz CT molecular complexity index is 500. The topological polar surface area (TPSA) is 94.2 Å². The van der Waals surface area contributed by atoms with Crippen molar-refractivity contribution in [3.8, 4) is 0 Å². The van der Waals surface area contributed by atoms with E-state index in [2.05, 4.69) is 11.9 Å². The number of piperidine rings is 1. The summed E-state index contributed by atoms with van der Waals surface area (Å²) in [4.78, 5) is 37.7. The first kappa shape index (κ1) is 20.8. The molecule has 0 bridgehead atoms. The summed E-state index contributed by atoms with van der Waals surface area (Å²) < 4.78 is 15.3. The smallest absolute Gasteiger partial charge is 0.410 e. The van der Waals surface area contributed by atoms with Gasteiger partial charge >= 0.3 is 18.2 Å². The number of amides is 2. The van der Waals surface area contributed by atoms with Gasteiger partial charge in [-0.25, -0.2) is 9.59 Å². The van der Waals surface area contributed by atoms with Gasteiger partial charge in [0.1, 0.15) is 12.2 Å². The van der Waals surface area contributed by atoms with Gasteiger partial charge in [0.05, 0.1) is 12.5 Å². The molecule has 1 aliphatic rings. The Balaban J connectivity index is 2.77. The van der Waals surface area contributed by atoms with Crippen molar-refractivity contribution in [2.45, 2.75) is 45.8 Å². The first-order chi connectivity index (χ1) is 11.7. The molecule has 0 radical (unpaired) electrons. The minimum absolute atomic E-state index is 0.0761. The molecule has 0 aromatic heterocycles. The summed E-state index contributed by atoms with van der Waals surface area (Å²) in [5, 5.41) is 2.66.